The van der Waals surface area contributed by atoms with Crippen LogP contribution in [0, 0.1) is 5.92 Å². The first kappa shape index (κ1) is 19.8. The number of anilines is 1. The largest absolute Gasteiger partial charge is 0.369 e. The van der Waals surface area contributed by atoms with Gasteiger partial charge in [-0.25, -0.2) is 0 Å². The van der Waals surface area contributed by atoms with E-state index in [4.69, 9.17) is 11.6 Å². The highest BCUT2D eigenvalue weighted by atomic mass is 35.5. The zero-order chi connectivity index (χ0) is 19.1. The second-order valence-corrected chi connectivity index (χ2v) is 7.76. The van der Waals surface area contributed by atoms with E-state index < -0.39 is 0 Å². The van der Waals surface area contributed by atoms with E-state index in [0.29, 0.717) is 12.6 Å². The molecule has 1 unspecified atom stereocenters. The van der Waals surface area contributed by atoms with Crippen LogP contribution in [0.3, 0.4) is 0 Å². The molecule has 1 aliphatic carbocycles. The number of hydrogen-bond donors (Lipinski definition) is 3. The van der Waals surface area contributed by atoms with E-state index in [1.165, 1.54) is 6.42 Å². The van der Waals surface area contributed by atoms with Gasteiger partial charge >= 0.3 is 0 Å². The summed E-state index contributed by atoms with van der Waals surface area (Å²) in [5.74, 6) is 1.30. The fourth-order valence-corrected chi connectivity index (χ4v) is 3.68. The number of guanidine groups is 1. The summed E-state index contributed by atoms with van der Waals surface area (Å²) in [6, 6.07) is 8.35. The van der Waals surface area contributed by atoms with Gasteiger partial charge in [-0.1, -0.05) is 24.1 Å². The first-order chi connectivity index (χ1) is 13.2. The summed E-state index contributed by atoms with van der Waals surface area (Å²) in [7, 11) is 1.79. The Hall–Kier alpha value is -1.95. The molecule has 1 heterocycles. The predicted octanol–water partition coefficient (Wildman–Crippen LogP) is 2.39. The second-order valence-electron chi connectivity index (χ2n) is 7.33. The number of nitrogens with one attached hydrogen (secondary N) is 3. The van der Waals surface area contributed by atoms with Crippen molar-refractivity contribution in [3.8, 4) is 0 Å². The summed E-state index contributed by atoms with van der Waals surface area (Å²) < 4.78 is 0. The van der Waals surface area contributed by atoms with Crippen LogP contribution in [0.15, 0.2) is 29.3 Å². The summed E-state index contributed by atoms with van der Waals surface area (Å²) in [4.78, 5) is 18.5. The van der Waals surface area contributed by atoms with Gasteiger partial charge in [-0.3, -0.25) is 9.79 Å². The fraction of sp³-hybridized carbons (Fsp3) is 0.600. The summed E-state index contributed by atoms with van der Waals surface area (Å²) in [5.41, 5.74) is 1.16. The predicted molar refractivity (Wildman–Crippen MR) is 112 cm³/mol. The lowest BCUT2D eigenvalue weighted by Crippen LogP contribution is -2.45. The van der Waals surface area contributed by atoms with Gasteiger partial charge in [0.25, 0.3) is 0 Å². The number of nitrogens with zero attached hydrogens (tertiary/aromatic N) is 2. The standard InChI is InChI=1S/C20H30ClN5O/c1-22-20(24-11-4-10-23-19(27)15-5-2-6-15)25-17-9-12-26(14-17)18-8-3-7-16(21)13-18/h3,7-8,13,15,17H,2,4-6,9-12,14H2,1H3,(H,23,27)(H2,22,24,25). The molecule has 148 valence electrons. The van der Waals surface area contributed by atoms with Gasteiger partial charge in [0.05, 0.1) is 0 Å². The molecule has 1 amide bonds. The van der Waals surface area contributed by atoms with E-state index in [9.17, 15) is 4.79 Å². The first-order valence-corrected chi connectivity index (χ1v) is 10.3. The number of aliphatic imine (C=N–C) groups is 1. The van der Waals surface area contributed by atoms with Crippen LogP contribution in [0.25, 0.3) is 0 Å². The van der Waals surface area contributed by atoms with Gasteiger partial charge in [0, 0.05) is 55.9 Å². The molecule has 1 aliphatic heterocycles. The minimum absolute atomic E-state index is 0.218. The number of carbonyl (C=O) groups is 1. The van der Waals surface area contributed by atoms with E-state index in [2.05, 4.69) is 31.9 Å². The van der Waals surface area contributed by atoms with Crippen LogP contribution in [0.2, 0.25) is 5.02 Å². The normalized spacial score (nSPS) is 20.3. The third-order valence-electron chi connectivity index (χ3n) is 5.35. The van der Waals surface area contributed by atoms with Crippen molar-refractivity contribution in [3.63, 3.8) is 0 Å². The number of amides is 1. The molecule has 1 atom stereocenters. The van der Waals surface area contributed by atoms with E-state index in [-0.39, 0.29) is 11.8 Å². The lowest BCUT2D eigenvalue weighted by Gasteiger charge is -2.24. The SMILES string of the molecule is CN=C(NCCCNC(=O)C1CCC1)NC1CCN(c2cccc(Cl)c2)C1. The quantitative estimate of drug-likeness (QED) is 0.379. The molecule has 3 rings (SSSR count). The minimum atomic E-state index is 0.218. The third-order valence-corrected chi connectivity index (χ3v) is 5.58. The van der Waals surface area contributed by atoms with Gasteiger partial charge in [-0.2, -0.15) is 0 Å². The van der Waals surface area contributed by atoms with E-state index in [0.717, 1.165) is 62.0 Å². The topological polar surface area (TPSA) is 68.8 Å². The van der Waals surface area contributed by atoms with Gasteiger partial charge in [0.1, 0.15) is 0 Å². The summed E-state index contributed by atoms with van der Waals surface area (Å²) in [6.45, 7) is 3.43. The molecule has 0 aromatic heterocycles. The van der Waals surface area contributed by atoms with Crippen molar-refractivity contribution in [2.45, 2.75) is 38.1 Å². The van der Waals surface area contributed by atoms with Gasteiger partial charge in [0.15, 0.2) is 5.96 Å². The maximum Gasteiger partial charge on any atom is 0.223 e. The lowest BCUT2D eigenvalue weighted by atomic mass is 9.85. The van der Waals surface area contributed by atoms with Crippen molar-refractivity contribution in [2.75, 3.05) is 38.1 Å². The van der Waals surface area contributed by atoms with E-state index in [1.54, 1.807) is 7.05 Å². The minimum Gasteiger partial charge on any atom is -0.369 e. The van der Waals surface area contributed by atoms with E-state index >= 15 is 0 Å². The molecule has 3 N–H and O–H groups in total. The Morgan fingerprint density at radius 2 is 2.07 bits per heavy atom. The monoisotopic (exact) mass is 391 g/mol. The maximum atomic E-state index is 11.8. The Bertz CT molecular complexity index is 662. The highest BCUT2D eigenvalue weighted by Gasteiger charge is 2.25. The summed E-state index contributed by atoms with van der Waals surface area (Å²) >= 11 is 6.10. The van der Waals surface area contributed by atoms with Crippen molar-refractivity contribution < 1.29 is 4.79 Å². The van der Waals surface area contributed by atoms with Crippen molar-refractivity contribution in [1.82, 2.24) is 16.0 Å². The number of benzene rings is 1. The highest BCUT2D eigenvalue weighted by Crippen LogP contribution is 2.26. The number of halogens is 1. The molecule has 6 nitrogen and oxygen atoms in total. The van der Waals surface area contributed by atoms with Crippen LogP contribution in [-0.2, 0) is 4.79 Å². The Morgan fingerprint density at radius 1 is 1.26 bits per heavy atom. The number of carbonyl (C=O) groups excluding carboxylic acids is 1. The molecule has 0 bridgehead atoms. The summed E-state index contributed by atoms with van der Waals surface area (Å²) in [6.07, 6.45) is 5.24. The Labute approximate surface area is 166 Å². The Morgan fingerprint density at radius 3 is 2.78 bits per heavy atom. The number of rotatable bonds is 7. The smallest absolute Gasteiger partial charge is 0.223 e. The molecular formula is C20H30ClN5O. The van der Waals surface area contributed by atoms with Gasteiger partial charge < -0.3 is 20.9 Å². The van der Waals surface area contributed by atoms with Gasteiger partial charge in [-0.15, -0.1) is 0 Å². The lowest BCUT2D eigenvalue weighted by molar-refractivity contribution is -0.127. The van der Waals surface area contributed by atoms with Crippen molar-refractivity contribution in [1.29, 1.82) is 0 Å². The van der Waals surface area contributed by atoms with Crippen LogP contribution in [0.1, 0.15) is 32.1 Å². The zero-order valence-electron chi connectivity index (χ0n) is 16.0. The molecule has 2 fully saturated rings. The van der Waals surface area contributed by atoms with Crippen LogP contribution in [-0.4, -0.2) is 51.1 Å². The van der Waals surface area contributed by atoms with Crippen molar-refractivity contribution >= 4 is 29.2 Å². The molecule has 1 aromatic rings. The second kappa shape index (κ2) is 9.83. The van der Waals surface area contributed by atoms with Gasteiger partial charge in [-0.05, 0) is 43.9 Å². The summed E-state index contributed by atoms with van der Waals surface area (Å²) in [5, 5.41) is 10.6. The molecule has 7 heteroatoms. The average Bonchev–Trinajstić information content (AvgIpc) is 3.07. The molecule has 0 spiro atoms. The van der Waals surface area contributed by atoms with Crippen LogP contribution in [0.5, 0.6) is 0 Å². The molecular weight excluding hydrogens is 362 g/mol. The Kier molecular flexibility index (Phi) is 7.21. The van der Waals surface area contributed by atoms with E-state index in [1.807, 2.05) is 18.2 Å². The zero-order valence-corrected chi connectivity index (χ0v) is 16.8. The van der Waals surface area contributed by atoms with Crippen LogP contribution < -0.4 is 20.9 Å². The molecule has 0 radical (unpaired) electrons. The molecule has 1 saturated heterocycles. The Balaban J connectivity index is 1.33. The molecule has 1 saturated carbocycles. The average molecular weight is 392 g/mol. The van der Waals surface area contributed by atoms with Gasteiger partial charge in [0.2, 0.25) is 5.91 Å². The van der Waals surface area contributed by atoms with Crippen LogP contribution >= 0.6 is 11.6 Å². The number of hydrogen-bond acceptors (Lipinski definition) is 3. The molecule has 2 aliphatic rings. The first-order valence-electron chi connectivity index (χ1n) is 9.91. The van der Waals surface area contributed by atoms with Crippen molar-refractivity contribution in [3.05, 3.63) is 29.3 Å². The fourth-order valence-electron chi connectivity index (χ4n) is 3.49. The van der Waals surface area contributed by atoms with Crippen molar-refractivity contribution in [2.24, 2.45) is 10.9 Å². The van der Waals surface area contributed by atoms with Crippen LogP contribution in [0.4, 0.5) is 5.69 Å². The molecule has 1 aromatic carbocycles. The third kappa shape index (κ3) is 5.76. The maximum absolute atomic E-state index is 11.8. The molecule has 27 heavy (non-hydrogen) atoms. The highest BCUT2D eigenvalue weighted by molar-refractivity contribution is 6.30.